The summed E-state index contributed by atoms with van der Waals surface area (Å²) >= 11 is 0. The van der Waals surface area contributed by atoms with Crippen molar-refractivity contribution in [1.82, 2.24) is 10.6 Å². The first-order valence-electron chi connectivity index (χ1n) is 8.50. The second-order valence-corrected chi connectivity index (χ2v) is 5.87. The Bertz CT molecular complexity index is 795. The van der Waals surface area contributed by atoms with Crippen LogP contribution in [0, 0.1) is 5.82 Å². The largest absolute Gasteiger partial charge is 0.493 e. The predicted molar refractivity (Wildman–Crippen MR) is 99.4 cm³/mol. The van der Waals surface area contributed by atoms with Gasteiger partial charge in [0, 0.05) is 6.54 Å². The number of ether oxygens (including phenoxy) is 2. The molecule has 0 aliphatic rings. The Balaban J connectivity index is 1.71. The van der Waals surface area contributed by atoms with Crippen molar-refractivity contribution in [3.05, 3.63) is 59.4 Å². The van der Waals surface area contributed by atoms with Gasteiger partial charge in [0.15, 0.2) is 11.5 Å². The quantitative estimate of drug-likeness (QED) is 0.703. The Hall–Kier alpha value is -3.09. The van der Waals surface area contributed by atoms with Crippen molar-refractivity contribution in [2.45, 2.75) is 12.8 Å². The van der Waals surface area contributed by atoms with Gasteiger partial charge in [-0.1, -0.05) is 18.2 Å². The van der Waals surface area contributed by atoms with Crippen LogP contribution in [0.2, 0.25) is 0 Å². The Labute approximate surface area is 157 Å². The van der Waals surface area contributed by atoms with Gasteiger partial charge in [-0.05, 0) is 41.8 Å². The van der Waals surface area contributed by atoms with Crippen molar-refractivity contribution in [1.29, 1.82) is 0 Å². The van der Waals surface area contributed by atoms with Crippen molar-refractivity contribution in [3.8, 4) is 11.5 Å². The predicted octanol–water partition coefficient (Wildman–Crippen LogP) is 1.86. The van der Waals surface area contributed by atoms with E-state index >= 15 is 0 Å². The summed E-state index contributed by atoms with van der Waals surface area (Å²) in [6.07, 6.45) is 0.639. The molecule has 2 aromatic carbocycles. The molecule has 2 rings (SSSR count). The number of carbonyl (C=O) groups excluding carboxylic acids is 2. The van der Waals surface area contributed by atoms with Gasteiger partial charge >= 0.3 is 0 Å². The fraction of sp³-hybridized carbons (Fsp3) is 0.300. The van der Waals surface area contributed by atoms with Gasteiger partial charge in [0.25, 0.3) is 0 Å². The van der Waals surface area contributed by atoms with Crippen molar-refractivity contribution >= 4 is 11.8 Å². The minimum absolute atomic E-state index is 0.0245. The number of methoxy groups -OCH3 is 2. The summed E-state index contributed by atoms with van der Waals surface area (Å²) in [4.78, 5) is 23.7. The van der Waals surface area contributed by atoms with Crippen molar-refractivity contribution in [2.75, 3.05) is 27.3 Å². The highest BCUT2D eigenvalue weighted by Gasteiger charge is 2.08. The van der Waals surface area contributed by atoms with Gasteiger partial charge in [-0.25, -0.2) is 4.39 Å². The average molecular weight is 374 g/mol. The number of nitrogens with one attached hydrogen (secondary N) is 2. The summed E-state index contributed by atoms with van der Waals surface area (Å²) < 4.78 is 23.5. The van der Waals surface area contributed by atoms with E-state index in [9.17, 15) is 14.0 Å². The number of rotatable bonds is 9. The van der Waals surface area contributed by atoms with Gasteiger partial charge in [0.1, 0.15) is 5.82 Å². The zero-order valence-electron chi connectivity index (χ0n) is 15.4. The molecule has 7 heteroatoms. The standard InChI is InChI=1S/C20H23FN2O4/c1-26-17-7-6-14(11-18(17)27-2)8-9-22-20(25)13-23-19(24)12-15-4-3-5-16(21)10-15/h3-7,10-11H,8-9,12-13H2,1-2H3,(H,22,25)(H,23,24). The Kier molecular flexibility index (Phi) is 7.61. The molecular formula is C20H23FN2O4. The van der Waals surface area contributed by atoms with E-state index in [1.165, 1.54) is 12.1 Å². The zero-order valence-corrected chi connectivity index (χ0v) is 15.4. The van der Waals surface area contributed by atoms with E-state index in [-0.39, 0.29) is 24.8 Å². The minimum atomic E-state index is -0.395. The maximum absolute atomic E-state index is 13.1. The first-order chi connectivity index (χ1) is 13.0. The van der Waals surface area contributed by atoms with E-state index in [0.717, 1.165) is 5.56 Å². The Morgan fingerprint density at radius 1 is 0.926 bits per heavy atom. The zero-order chi connectivity index (χ0) is 19.6. The van der Waals surface area contributed by atoms with Gasteiger partial charge in [-0.15, -0.1) is 0 Å². The lowest BCUT2D eigenvalue weighted by Gasteiger charge is -2.10. The van der Waals surface area contributed by atoms with Gasteiger partial charge < -0.3 is 20.1 Å². The highest BCUT2D eigenvalue weighted by atomic mass is 19.1. The van der Waals surface area contributed by atoms with Gasteiger partial charge in [0.05, 0.1) is 27.2 Å². The van der Waals surface area contributed by atoms with E-state index in [2.05, 4.69) is 10.6 Å². The van der Waals surface area contributed by atoms with Gasteiger partial charge in [0.2, 0.25) is 11.8 Å². The van der Waals surface area contributed by atoms with E-state index in [0.29, 0.717) is 30.0 Å². The summed E-state index contributed by atoms with van der Waals surface area (Å²) in [7, 11) is 3.14. The van der Waals surface area contributed by atoms with Crippen LogP contribution >= 0.6 is 0 Å². The first-order valence-corrected chi connectivity index (χ1v) is 8.50. The molecule has 144 valence electrons. The van der Waals surface area contributed by atoms with Crippen molar-refractivity contribution < 1.29 is 23.5 Å². The van der Waals surface area contributed by atoms with E-state index in [1.807, 2.05) is 18.2 Å². The molecule has 0 fully saturated rings. The van der Waals surface area contributed by atoms with Crippen LogP contribution < -0.4 is 20.1 Å². The molecule has 0 aromatic heterocycles. The molecule has 27 heavy (non-hydrogen) atoms. The van der Waals surface area contributed by atoms with Crippen molar-refractivity contribution in [2.24, 2.45) is 0 Å². The second kappa shape index (κ2) is 10.2. The van der Waals surface area contributed by atoms with E-state index in [1.54, 1.807) is 26.4 Å². The maximum Gasteiger partial charge on any atom is 0.239 e. The molecule has 0 atom stereocenters. The molecule has 2 aromatic rings. The fourth-order valence-electron chi connectivity index (χ4n) is 2.52. The fourth-order valence-corrected chi connectivity index (χ4v) is 2.52. The molecule has 0 radical (unpaired) electrons. The summed E-state index contributed by atoms with van der Waals surface area (Å²) in [5.41, 5.74) is 1.55. The molecule has 0 aliphatic carbocycles. The highest BCUT2D eigenvalue weighted by molar-refractivity contribution is 5.85. The molecule has 0 saturated carbocycles. The van der Waals surface area contributed by atoms with Crippen LogP contribution in [0.15, 0.2) is 42.5 Å². The first kappa shape index (κ1) is 20.2. The molecule has 0 heterocycles. The lowest BCUT2D eigenvalue weighted by atomic mass is 10.1. The van der Waals surface area contributed by atoms with Crippen LogP contribution in [0.5, 0.6) is 11.5 Å². The molecule has 0 bridgehead atoms. The molecule has 2 N–H and O–H groups in total. The van der Waals surface area contributed by atoms with Crippen LogP contribution in [0.4, 0.5) is 4.39 Å². The average Bonchev–Trinajstić information content (AvgIpc) is 2.66. The third-order valence-electron chi connectivity index (χ3n) is 3.88. The molecule has 0 unspecified atom stereocenters. The molecule has 0 spiro atoms. The number of benzene rings is 2. The highest BCUT2D eigenvalue weighted by Crippen LogP contribution is 2.27. The molecular weight excluding hydrogens is 351 g/mol. The summed E-state index contributed by atoms with van der Waals surface area (Å²) in [5.74, 6) is 0.254. The topological polar surface area (TPSA) is 76.7 Å². The SMILES string of the molecule is COc1ccc(CCNC(=O)CNC(=O)Cc2cccc(F)c2)cc1OC. The Morgan fingerprint density at radius 2 is 1.70 bits per heavy atom. The molecule has 0 aliphatic heterocycles. The van der Waals surface area contributed by atoms with Crippen LogP contribution in [0.3, 0.4) is 0 Å². The molecule has 2 amide bonds. The van der Waals surface area contributed by atoms with Crippen LogP contribution in [0.1, 0.15) is 11.1 Å². The maximum atomic E-state index is 13.1. The normalized spacial score (nSPS) is 10.2. The summed E-state index contributed by atoms with van der Waals surface area (Å²) in [5, 5.41) is 5.26. The van der Waals surface area contributed by atoms with Crippen LogP contribution in [0.25, 0.3) is 0 Å². The molecule has 0 saturated heterocycles. The summed E-state index contributed by atoms with van der Waals surface area (Å²) in [6, 6.07) is 11.4. The number of halogens is 1. The van der Waals surface area contributed by atoms with Gasteiger partial charge in [-0.3, -0.25) is 9.59 Å². The van der Waals surface area contributed by atoms with Crippen LogP contribution in [-0.2, 0) is 22.4 Å². The lowest BCUT2D eigenvalue weighted by molar-refractivity contribution is -0.125. The smallest absolute Gasteiger partial charge is 0.239 e. The van der Waals surface area contributed by atoms with Crippen molar-refractivity contribution in [3.63, 3.8) is 0 Å². The minimum Gasteiger partial charge on any atom is -0.493 e. The molecule has 6 nitrogen and oxygen atoms in total. The summed E-state index contributed by atoms with van der Waals surface area (Å²) in [6.45, 7) is 0.300. The Morgan fingerprint density at radius 3 is 2.41 bits per heavy atom. The number of hydrogen-bond donors (Lipinski definition) is 2. The van der Waals surface area contributed by atoms with Crippen LogP contribution in [-0.4, -0.2) is 39.1 Å². The van der Waals surface area contributed by atoms with E-state index in [4.69, 9.17) is 9.47 Å². The van der Waals surface area contributed by atoms with Gasteiger partial charge in [-0.2, -0.15) is 0 Å². The second-order valence-electron chi connectivity index (χ2n) is 5.87. The number of hydrogen-bond acceptors (Lipinski definition) is 4. The third-order valence-corrected chi connectivity index (χ3v) is 3.88. The van der Waals surface area contributed by atoms with E-state index < -0.39 is 5.82 Å². The lowest BCUT2D eigenvalue weighted by Crippen LogP contribution is -2.38. The third kappa shape index (κ3) is 6.62. The monoisotopic (exact) mass is 374 g/mol. The number of amides is 2. The number of carbonyl (C=O) groups is 2.